The number of rotatable bonds is 8. The van der Waals surface area contributed by atoms with E-state index >= 15 is 0 Å². The highest BCUT2D eigenvalue weighted by Crippen LogP contribution is 2.39. The molecule has 3 aromatic rings. The molecule has 0 aliphatic carbocycles. The molecule has 1 aliphatic rings. The number of hydrogen-bond acceptors (Lipinski definition) is 9. The zero-order valence-electron chi connectivity index (χ0n) is 23.5. The van der Waals surface area contributed by atoms with Gasteiger partial charge in [0.15, 0.2) is 5.75 Å². The van der Waals surface area contributed by atoms with Gasteiger partial charge in [0.25, 0.3) is 5.91 Å². The van der Waals surface area contributed by atoms with Crippen LogP contribution in [0, 0.1) is 6.92 Å². The first-order chi connectivity index (χ1) is 18.8. The van der Waals surface area contributed by atoms with Crippen molar-refractivity contribution in [2.45, 2.75) is 33.1 Å². The molecule has 1 amide bonds. The molecule has 4 N–H and O–H groups in total. The number of nitrogens with one attached hydrogen (secondary N) is 4. The maximum absolute atomic E-state index is 13.5. The van der Waals surface area contributed by atoms with E-state index in [4.69, 9.17) is 9.47 Å². The maximum atomic E-state index is 13.5. The second kappa shape index (κ2) is 11.1. The number of benzene rings is 2. The molecule has 0 bridgehead atoms. The lowest BCUT2D eigenvalue weighted by Gasteiger charge is -2.24. The summed E-state index contributed by atoms with van der Waals surface area (Å²) < 4.78 is 37.2. The number of hydrazine groups is 2. The van der Waals surface area contributed by atoms with Gasteiger partial charge in [-0.15, -0.1) is 5.53 Å². The highest BCUT2D eigenvalue weighted by atomic mass is 32.2. The molecule has 0 radical (unpaired) electrons. The zero-order chi connectivity index (χ0) is 29.2. The van der Waals surface area contributed by atoms with Gasteiger partial charge in [0.1, 0.15) is 0 Å². The summed E-state index contributed by atoms with van der Waals surface area (Å²) in [6.07, 6.45) is 4.63. The number of pyridine rings is 1. The number of carbonyl (C=O) groups excluding carboxylic acids is 1. The monoisotopic (exact) mass is 566 g/mol. The van der Waals surface area contributed by atoms with E-state index < -0.39 is 10.0 Å². The van der Waals surface area contributed by atoms with Crippen molar-refractivity contribution in [2.75, 3.05) is 35.5 Å². The van der Waals surface area contributed by atoms with E-state index in [1.54, 1.807) is 48.6 Å². The Hall–Kier alpha value is -4.29. The van der Waals surface area contributed by atoms with Crippen molar-refractivity contribution < 1.29 is 22.7 Å². The van der Waals surface area contributed by atoms with Crippen molar-refractivity contribution in [1.82, 2.24) is 15.9 Å². The minimum absolute atomic E-state index is 0.213. The molecule has 0 saturated carbocycles. The van der Waals surface area contributed by atoms with Crippen molar-refractivity contribution in [3.8, 4) is 11.6 Å². The molecule has 0 fully saturated rings. The first-order valence-corrected chi connectivity index (χ1v) is 14.3. The number of aromatic nitrogens is 1. The number of methoxy groups -OCH3 is 2. The van der Waals surface area contributed by atoms with Gasteiger partial charge in [0.2, 0.25) is 15.9 Å². The Morgan fingerprint density at radius 2 is 1.75 bits per heavy atom. The second-order valence-corrected chi connectivity index (χ2v) is 12.2. The van der Waals surface area contributed by atoms with E-state index in [2.05, 4.69) is 26.0 Å². The van der Waals surface area contributed by atoms with Gasteiger partial charge in [-0.05, 0) is 53.8 Å². The van der Waals surface area contributed by atoms with E-state index in [9.17, 15) is 13.2 Å². The van der Waals surface area contributed by atoms with Crippen LogP contribution in [-0.4, -0.2) is 39.8 Å². The van der Waals surface area contributed by atoms with Crippen molar-refractivity contribution in [2.24, 2.45) is 0 Å². The predicted molar refractivity (Wildman–Crippen MR) is 157 cm³/mol. The molecule has 212 valence electrons. The van der Waals surface area contributed by atoms with Crippen molar-refractivity contribution in [1.29, 1.82) is 0 Å². The Morgan fingerprint density at radius 1 is 1.02 bits per heavy atom. The molecule has 40 heavy (non-hydrogen) atoms. The summed E-state index contributed by atoms with van der Waals surface area (Å²) >= 11 is 0. The SMILES string of the molecule is COc1ccc(C2=CN(c3cc(C(=O)Nc4cc(C(C)(C)C)cc(NS(C)(=O)=O)c4OC)ccc3C)NN2)cn1. The Bertz CT molecular complexity index is 1560. The Morgan fingerprint density at radius 3 is 2.35 bits per heavy atom. The summed E-state index contributed by atoms with van der Waals surface area (Å²) in [5.74, 6) is 0.349. The molecule has 0 saturated heterocycles. The number of amides is 1. The van der Waals surface area contributed by atoms with Gasteiger partial charge in [0, 0.05) is 29.6 Å². The van der Waals surface area contributed by atoms with Gasteiger partial charge in [-0.25, -0.2) is 13.4 Å². The van der Waals surface area contributed by atoms with E-state index in [0.29, 0.717) is 17.1 Å². The molecule has 1 aliphatic heterocycles. The normalized spacial score (nSPS) is 13.4. The van der Waals surface area contributed by atoms with Crippen LogP contribution in [0.2, 0.25) is 0 Å². The van der Waals surface area contributed by atoms with E-state index in [0.717, 1.165) is 34.3 Å². The molecule has 2 aromatic carbocycles. The molecule has 4 rings (SSSR count). The van der Waals surface area contributed by atoms with Crippen molar-refractivity contribution in [3.05, 3.63) is 77.1 Å². The van der Waals surface area contributed by atoms with Crippen LogP contribution in [0.25, 0.3) is 5.70 Å². The lowest BCUT2D eigenvalue weighted by molar-refractivity contribution is 0.102. The average molecular weight is 567 g/mol. The Balaban J connectivity index is 1.65. The van der Waals surface area contributed by atoms with Crippen LogP contribution >= 0.6 is 0 Å². The second-order valence-electron chi connectivity index (χ2n) is 10.4. The van der Waals surface area contributed by atoms with Gasteiger partial charge < -0.3 is 20.2 Å². The highest BCUT2D eigenvalue weighted by molar-refractivity contribution is 7.92. The quantitative estimate of drug-likeness (QED) is 0.317. The number of hydrogen-bond donors (Lipinski definition) is 4. The Labute approximate surface area is 234 Å². The largest absolute Gasteiger partial charge is 0.492 e. The van der Waals surface area contributed by atoms with Gasteiger partial charge in [-0.1, -0.05) is 26.8 Å². The number of sulfonamides is 1. The first-order valence-electron chi connectivity index (χ1n) is 12.4. The molecule has 11 nitrogen and oxygen atoms in total. The minimum atomic E-state index is -3.59. The van der Waals surface area contributed by atoms with Gasteiger partial charge in [-0.2, -0.15) is 0 Å². The molecule has 2 heterocycles. The third-order valence-electron chi connectivity index (χ3n) is 6.26. The molecule has 1 aromatic heterocycles. The lowest BCUT2D eigenvalue weighted by atomic mass is 9.86. The van der Waals surface area contributed by atoms with Crippen LogP contribution in [0.1, 0.15) is 47.8 Å². The minimum Gasteiger partial charge on any atom is -0.492 e. The smallest absolute Gasteiger partial charge is 0.255 e. The summed E-state index contributed by atoms with van der Waals surface area (Å²) in [7, 11) is -0.608. The van der Waals surface area contributed by atoms with Crippen LogP contribution in [0.15, 0.2) is 54.9 Å². The van der Waals surface area contributed by atoms with Gasteiger partial charge in [-0.3, -0.25) is 14.5 Å². The number of aryl methyl sites for hydroxylation is 1. The fourth-order valence-electron chi connectivity index (χ4n) is 4.11. The van der Waals surface area contributed by atoms with Crippen LogP contribution in [0.5, 0.6) is 11.6 Å². The molecule has 0 atom stereocenters. The van der Waals surface area contributed by atoms with Crippen LogP contribution in [0.3, 0.4) is 0 Å². The van der Waals surface area contributed by atoms with Crippen LogP contribution in [-0.2, 0) is 15.4 Å². The number of anilines is 3. The molecular formula is C28H34N6O5S. The summed E-state index contributed by atoms with van der Waals surface area (Å²) in [6.45, 7) is 7.94. The third-order valence-corrected chi connectivity index (χ3v) is 6.85. The highest BCUT2D eigenvalue weighted by Gasteiger charge is 2.23. The Kier molecular flexibility index (Phi) is 7.94. The zero-order valence-corrected chi connectivity index (χ0v) is 24.4. The van der Waals surface area contributed by atoms with Gasteiger partial charge >= 0.3 is 0 Å². The van der Waals surface area contributed by atoms with Crippen molar-refractivity contribution >= 4 is 38.7 Å². The third kappa shape index (κ3) is 6.46. The van der Waals surface area contributed by atoms with Gasteiger partial charge in [0.05, 0.1) is 43.2 Å². The summed E-state index contributed by atoms with van der Waals surface area (Å²) in [5.41, 5.74) is 11.0. The van der Waals surface area contributed by atoms with Crippen LogP contribution < -0.4 is 35.5 Å². The number of carbonyl (C=O) groups is 1. The standard InChI is InChI=1S/C28H34N6O5S/c1-17-8-9-18(12-24(17)34-16-23(31-33-34)19-10-11-25(38-5)29-15-19)27(35)30-21-13-20(28(2,3)4)14-22(26(21)39-6)32-40(7,36)37/h8-16,31-33H,1-7H3,(H,30,35). The average Bonchev–Trinajstić information content (AvgIpc) is 3.37. The molecule has 0 spiro atoms. The fraction of sp³-hybridized carbons (Fsp3) is 0.286. The predicted octanol–water partition coefficient (Wildman–Crippen LogP) is 4.16. The summed E-state index contributed by atoms with van der Waals surface area (Å²) in [4.78, 5) is 17.7. The first kappa shape index (κ1) is 28.7. The van der Waals surface area contributed by atoms with Crippen LogP contribution in [0.4, 0.5) is 17.1 Å². The van der Waals surface area contributed by atoms with E-state index in [-0.39, 0.29) is 22.8 Å². The molecule has 12 heteroatoms. The summed E-state index contributed by atoms with van der Waals surface area (Å²) in [6, 6.07) is 12.5. The molecule has 0 unspecified atom stereocenters. The van der Waals surface area contributed by atoms with E-state index in [1.807, 2.05) is 46.0 Å². The fourth-order valence-corrected chi connectivity index (χ4v) is 4.66. The maximum Gasteiger partial charge on any atom is 0.255 e. The van der Waals surface area contributed by atoms with E-state index in [1.165, 1.54) is 7.11 Å². The topological polar surface area (TPSA) is 134 Å². The summed E-state index contributed by atoms with van der Waals surface area (Å²) in [5, 5.41) is 4.69. The van der Waals surface area contributed by atoms with Crippen molar-refractivity contribution in [3.63, 3.8) is 0 Å². The number of ether oxygens (including phenoxy) is 2. The lowest BCUT2D eigenvalue weighted by Crippen LogP contribution is -2.36. The molecular weight excluding hydrogens is 532 g/mol. The number of nitrogens with zero attached hydrogens (tertiary/aromatic N) is 2.